The van der Waals surface area contributed by atoms with Gasteiger partial charge in [-0.1, -0.05) is 54.7 Å². The number of nitrogens with two attached hydrogens (primary N) is 1. The number of hydrogen-bond donors (Lipinski definition) is 2. The molecule has 1 amide bonds. The van der Waals surface area contributed by atoms with Crippen molar-refractivity contribution in [2.24, 2.45) is 5.73 Å². The van der Waals surface area contributed by atoms with Crippen LogP contribution in [-0.2, 0) is 4.79 Å². The molecule has 4 heteroatoms. The van der Waals surface area contributed by atoms with Crippen molar-refractivity contribution in [1.82, 2.24) is 0 Å². The predicted molar refractivity (Wildman–Crippen MR) is 81.9 cm³/mol. The second-order valence-electron chi connectivity index (χ2n) is 4.13. The fraction of sp³-hybridized carbons (Fsp3) is 0.0667. The van der Waals surface area contributed by atoms with Gasteiger partial charge in [0.1, 0.15) is 0 Å². The Morgan fingerprint density at radius 1 is 1.00 bits per heavy atom. The Morgan fingerprint density at radius 2 is 1.58 bits per heavy atom. The standard InChI is InChI=1S/C15H14N2OS/c16-14(19)10-15(18)17-13-8-6-12(7-9-13)11-4-2-1-3-5-11/h1-9H,10H2,(H2,16,19)(H,17,18). The van der Waals surface area contributed by atoms with Crippen LogP contribution in [0.5, 0.6) is 0 Å². The minimum absolute atomic E-state index is 0.0652. The molecule has 0 aliphatic heterocycles. The van der Waals surface area contributed by atoms with Crippen LogP contribution in [0.25, 0.3) is 11.1 Å². The largest absolute Gasteiger partial charge is 0.393 e. The van der Waals surface area contributed by atoms with E-state index in [1.807, 2.05) is 54.6 Å². The maximum atomic E-state index is 11.5. The highest BCUT2D eigenvalue weighted by Gasteiger charge is 2.04. The third-order valence-electron chi connectivity index (χ3n) is 2.61. The summed E-state index contributed by atoms with van der Waals surface area (Å²) in [6.45, 7) is 0. The molecule has 0 saturated heterocycles. The number of thiocarbonyl (C=S) groups is 1. The summed E-state index contributed by atoms with van der Waals surface area (Å²) < 4.78 is 0. The SMILES string of the molecule is NC(=S)CC(=O)Nc1ccc(-c2ccccc2)cc1. The number of nitrogens with one attached hydrogen (secondary N) is 1. The lowest BCUT2D eigenvalue weighted by Gasteiger charge is -2.06. The van der Waals surface area contributed by atoms with Crippen molar-refractivity contribution in [2.45, 2.75) is 6.42 Å². The molecule has 3 nitrogen and oxygen atoms in total. The number of anilines is 1. The van der Waals surface area contributed by atoms with E-state index in [1.54, 1.807) is 0 Å². The first kappa shape index (κ1) is 13.2. The van der Waals surface area contributed by atoms with Crippen molar-refractivity contribution in [3.8, 4) is 11.1 Å². The lowest BCUT2D eigenvalue weighted by molar-refractivity contribution is -0.115. The van der Waals surface area contributed by atoms with E-state index in [0.29, 0.717) is 0 Å². The van der Waals surface area contributed by atoms with Gasteiger partial charge in [0.15, 0.2) is 0 Å². The van der Waals surface area contributed by atoms with Gasteiger partial charge in [0, 0.05) is 5.69 Å². The van der Waals surface area contributed by atoms with E-state index in [9.17, 15) is 4.79 Å². The quantitative estimate of drug-likeness (QED) is 0.840. The highest BCUT2D eigenvalue weighted by atomic mass is 32.1. The smallest absolute Gasteiger partial charge is 0.231 e. The van der Waals surface area contributed by atoms with Crippen molar-refractivity contribution in [3.63, 3.8) is 0 Å². The molecule has 0 bridgehead atoms. The fourth-order valence-electron chi connectivity index (χ4n) is 1.74. The van der Waals surface area contributed by atoms with Gasteiger partial charge in [0.05, 0.1) is 11.4 Å². The highest BCUT2D eigenvalue weighted by molar-refractivity contribution is 7.80. The zero-order valence-corrected chi connectivity index (χ0v) is 11.1. The minimum atomic E-state index is -0.194. The van der Waals surface area contributed by atoms with E-state index in [4.69, 9.17) is 5.73 Å². The summed E-state index contributed by atoms with van der Waals surface area (Å²) in [6, 6.07) is 17.7. The molecule has 2 aromatic carbocycles. The van der Waals surface area contributed by atoms with Crippen molar-refractivity contribution in [1.29, 1.82) is 0 Å². The van der Waals surface area contributed by atoms with Crippen LogP contribution < -0.4 is 11.1 Å². The van der Waals surface area contributed by atoms with Gasteiger partial charge in [-0.05, 0) is 23.3 Å². The maximum absolute atomic E-state index is 11.5. The Labute approximate surface area is 117 Å². The molecule has 0 saturated carbocycles. The molecule has 19 heavy (non-hydrogen) atoms. The molecule has 0 aliphatic carbocycles. The Bertz CT molecular complexity index is 579. The highest BCUT2D eigenvalue weighted by Crippen LogP contribution is 2.20. The predicted octanol–water partition coefficient (Wildman–Crippen LogP) is 2.97. The summed E-state index contributed by atoms with van der Waals surface area (Å²) >= 11 is 4.69. The molecule has 0 unspecified atom stereocenters. The van der Waals surface area contributed by atoms with Crippen LogP contribution in [0.1, 0.15) is 6.42 Å². The van der Waals surface area contributed by atoms with Gasteiger partial charge < -0.3 is 11.1 Å². The second-order valence-corrected chi connectivity index (χ2v) is 4.66. The van der Waals surface area contributed by atoms with E-state index < -0.39 is 0 Å². The van der Waals surface area contributed by atoms with Gasteiger partial charge in [-0.15, -0.1) is 0 Å². The van der Waals surface area contributed by atoms with E-state index in [-0.39, 0.29) is 17.3 Å². The van der Waals surface area contributed by atoms with E-state index in [2.05, 4.69) is 17.5 Å². The molecule has 0 spiro atoms. The molecular weight excluding hydrogens is 256 g/mol. The summed E-state index contributed by atoms with van der Waals surface area (Å²) in [5.74, 6) is -0.194. The number of hydrogen-bond acceptors (Lipinski definition) is 2. The maximum Gasteiger partial charge on any atom is 0.231 e. The van der Waals surface area contributed by atoms with Crippen molar-refractivity contribution < 1.29 is 4.79 Å². The molecule has 0 fully saturated rings. The summed E-state index contributed by atoms with van der Waals surface area (Å²) in [7, 11) is 0. The summed E-state index contributed by atoms with van der Waals surface area (Å²) in [4.78, 5) is 11.7. The first-order valence-electron chi connectivity index (χ1n) is 5.89. The molecular formula is C15H14N2OS. The van der Waals surface area contributed by atoms with Crippen molar-refractivity contribution in [3.05, 3.63) is 54.6 Å². The minimum Gasteiger partial charge on any atom is -0.393 e. The molecule has 0 aliphatic rings. The molecule has 0 heterocycles. The van der Waals surface area contributed by atoms with Crippen LogP contribution in [-0.4, -0.2) is 10.9 Å². The zero-order valence-electron chi connectivity index (χ0n) is 10.3. The average molecular weight is 270 g/mol. The Morgan fingerprint density at radius 3 is 2.16 bits per heavy atom. The van der Waals surface area contributed by atoms with Gasteiger partial charge in [0.25, 0.3) is 0 Å². The van der Waals surface area contributed by atoms with Gasteiger partial charge in [-0.3, -0.25) is 4.79 Å². The van der Waals surface area contributed by atoms with Gasteiger partial charge >= 0.3 is 0 Å². The molecule has 0 atom stereocenters. The van der Waals surface area contributed by atoms with Crippen LogP contribution in [0.15, 0.2) is 54.6 Å². The van der Waals surface area contributed by atoms with Crippen LogP contribution in [0.2, 0.25) is 0 Å². The van der Waals surface area contributed by atoms with Crippen molar-refractivity contribution >= 4 is 28.8 Å². The lowest BCUT2D eigenvalue weighted by atomic mass is 10.1. The molecule has 96 valence electrons. The summed E-state index contributed by atoms with van der Waals surface area (Å²) in [6.07, 6.45) is 0.0652. The first-order chi connectivity index (χ1) is 9.15. The third-order valence-corrected chi connectivity index (χ3v) is 2.75. The molecule has 0 radical (unpaired) electrons. The van der Waals surface area contributed by atoms with Crippen LogP contribution >= 0.6 is 12.2 Å². The number of benzene rings is 2. The van der Waals surface area contributed by atoms with E-state index >= 15 is 0 Å². The summed E-state index contributed by atoms with van der Waals surface area (Å²) in [5, 5.41) is 2.75. The van der Waals surface area contributed by atoms with E-state index in [0.717, 1.165) is 16.8 Å². The normalized spacial score (nSPS) is 9.89. The van der Waals surface area contributed by atoms with Gasteiger partial charge in [0.2, 0.25) is 5.91 Å². The monoisotopic (exact) mass is 270 g/mol. The van der Waals surface area contributed by atoms with Crippen LogP contribution in [0, 0.1) is 0 Å². The number of carbonyl (C=O) groups is 1. The molecule has 0 aromatic heterocycles. The number of rotatable bonds is 4. The van der Waals surface area contributed by atoms with E-state index in [1.165, 1.54) is 0 Å². The van der Waals surface area contributed by atoms with Crippen LogP contribution in [0.4, 0.5) is 5.69 Å². The van der Waals surface area contributed by atoms with Crippen LogP contribution in [0.3, 0.4) is 0 Å². The van der Waals surface area contributed by atoms with Crippen molar-refractivity contribution in [2.75, 3.05) is 5.32 Å². The molecule has 3 N–H and O–H groups in total. The topological polar surface area (TPSA) is 55.1 Å². The number of amides is 1. The number of carbonyl (C=O) groups excluding carboxylic acids is 1. The van der Waals surface area contributed by atoms with Gasteiger partial charge in [-0.25, -0.2) is 0 Å². The Hall–Kier alpha value is -2.20. The Kier molecular flexibility index (Phi) is 4.26. The Balaban J connectivity index is 2.07. The second kappa shape index (κ2) is 6.11. The first-order valence-corrected chi connectivity index (χ1v) is 6.29. The third kappa shape index (κ3) is 3.89. The molecule has 2 rings (SSSR count). The molecule has 2 aromatic rings. The lowest BCUT2D eigenvalue weighted by Crippen LogP contribution is -2.20. The fourth-order valence-corrected chi connectivity index (χ4v) is 1.87. The zero-order chi connectivity index (χ0) is 13.7. The van der Waals surface area contributed by atoms with Gasteiger partial charge in [-0.2, -0.15) is 0 Å². The average Bonchev–Trinajstić information content (AvgIpc) is 2.39. The summed E-state index contributed by atoms with van der Waals surface area (Å²) in [5.41, 5.74) is 8.30.